The third-order valence-corrected chi connectivity index (χ3v) is 2.18. The highest BCUT2D eigenvalue weighted by molar-refractivity contribution is 4.67. The Balaban J connectivity index is 0. The van der Waals surface area contributed by atoms with Gasteiger partial charge in [-0.2, -0.15) is 0 Å². The first kappa shape index (κ1) is 17.3. The highest BCUT2D eigenvalue weighted by Gasteiger charge is 2.14. The maximum atomic E-state index is 11.8. The Morgan fingerprint density at radius 1 is 1.40 bits per heavy atom. The van der Waals surface area contributed by atoms with E-state index in [2.05, 4.69) is 5.32 Å². The molecule has 1 fully saturated rings. The van der Waals surface area contributed by atoms with Crippen LogP contribution >= 0.6 is 0 Å². The summed E-state index contributed by atoms with van der Waals surface area (Å²) in [5.41, 5.74) is 0. The number of halogens is 1. The zero-order valence-electron chi connectivity index (χ0n) is 11.0. The Hall–Kier alpha value is -0.150. The van der Waals surface area contributed by atoms with Gasteiger partial charge in [0.15, 0.2) is 0 Å². The van der Waals surface area contributed by atoms with Gasteiger partial charge in [0.1, 0.15) is 0 Å². The average molecular weight is 221 g/mol. The SMILES string of the molecule is CC.CNCCC(C)F.COC1CCC1. The lowest BCUT2D eigenvalue weighted by atomic mass is 9.96. The summed E-state index contributed by atoms with van der Waals surface area (Å²) in [6.45, 7) is 6.34. The van der Waals surface area contributed by atoms with Gasteiger partial charge in [0, 0.05) is 7.11 Å². The van der Waals surface area contributed by atoms with Gasteiger partial charge in [0.25, 0.3) is 0 Å². The third-order valence-electron chi connectivity index (χ3n) is 2.18. The van der Waals surface area contributed by atoms with Crippen LogP contribution in [0, 0.1) is 0 Å². The van der Waals surface area contributed by atoms with Gasteiger partial charge in [-0.1, -0.05) is 13.8 Å². The number of hydrogen-bond acceptors (Lipinski definition) is 2. The lowest BCUT2D eigenvalue weighted by Gasteiger charge is -2.22. The van der Waals surface area contributed by atoms with Gasteiger partial charge in [-0.15, -0.1) is 0 Å². The van der Waals surface area contributed by atoms with Crippen molar-refractivity contribution in [2.24, 2.45) is 0 Å². The van der Waals surface area contributed by atoms with Crippen LogP contribution in [0.3, 0.4) is 0 Å². The Morgan fingerprint density at radius 3 is 2.00 bits per heavy atom. The van der Waals surface area contributed by atoms with Crippen LogP contribution in [0.4, 0.5) is 4.39 Å². The van der Waals surface area contributed by atoms with Crippen molar-refractivity contribution in [2.45, 2.75) is 58.7 Å². The fourth-order valence-electron chi connectivity index (χ4n) is 0.950. The molecule has 0 amide bonds. The highest BCUT2D eigenvalue weighted by Crippen LogP contribution is 2.20. The Kier molecular flexibility index (Phi) is 15.9. The number of rotatable bonds is 4. The van der Waals surface area contributed by atoms with Gasteiger partial charge in [-0.05, 0) is 46.2 Å². The largest absolute Gasteiger partial charge is 0.381 e. The molecule has 1 N–H and O–H groups in total. The summed E-state index contributed by atoms with van der Waals surface area (Å²) in [4.78, 5) is 0. The second kappa shape index (κ2) is 13.8. The fraction of sp³-hybridized carbons (Fsp3) is 1.00. The molecule has 1 aliphatic rings. The standard InChI is InChI=1S/C5H12FN.C5H10O.C2H6/c1-5(6)3-4-7-2;1-6-5-3-2-4-5;1-2/h5,7H,3-4H2,1-2H3;5H,2-4H2,1H3;1-2H3. The van der Waals surface area contributed by atoms with Gasteiger partial charge in [-0.25, -0.2) is 4.39 Å². The van der Waals surface area contributed by atoms with Gasteiger partial charge in [0.2, 0.25) is 0 Å². The molecule has 1 unspecified atom stereocenters. The maximum Gasteiger partial charge on any atom is 0.0985 e. The summed E-state index contributed by atoms with van der Waals surface area (Å²) in [5, 5.41) is 2.86. The van der Waals surface area contributed by atoms with Gasteiger partial charge in [-0.3, -0.25) is 0 Å². The lowest BCUT2D eigenvalue weighted by molar-refractivity contribution is 0.0412. The number of nitrogens with one attached hydrogen (secondary N) is 1. The molecule has 1 rings (SSSR count). The molecule has 1 saturated carbocycles. The number of alkyl halides is 1. The fourth-order valence-corrected chi connectivity index (χ4v) is 0.950. The summed E-state index contributed by atoms with van der Waals surface area (Å²) in [6, 6.07) is 0. The Bertz CT molecular complexity index is 103. The molecule has 0 heterocycles. The molecule has 1 aliphatic carbocycles. The molecule has 2 nitrogen and oxygen atoms in total. The summed E-state index contributed by atoms with van der Waals surface area (Å²) in [5.74, 6) is 0. The summed E-state index contributed by atoms with van der Waals surface area (Å²) in [6.07, 6.45) is 4.53. The summed E-state index contributed by atoms with van der Waals surface area (Å²) < 4.78 is 16.8. The van der Waals surface area contributed by atoms with E-state index in [4.69, 9.17) is 4.74 Å². The van der Waals surface area contributed by atoms with Crippen LogP contribution in [-0.2, 0) is 4.74 Å². The van der Waals surface area contributed by atoms with E-state index >= 15 is 0 Å². The summed E-state index contributed by atoms with van der Waals surface area (Å²) >= 11 is 0. The van der Waals surface area contributed by atoms with E-state index in [1.54, 1.807) is 14.0 Å². The predicted octanol–water partition coefficient (Wildman–Crippen LogP) is 3.17. The van der Waals surface area contributed by atoms with Gasteiger partial charge >= 0.3 is 0 Å². The molecule has 94 valence electrons. The smallest absolute Gasteiger partial charge is 0.0985 e. The van der Waals surface area contributed by atoms with Crippen molar-refractivity contribution < 1.29 is 9.13 Å². The molecule has 3 heteroatoms. The van der Waals surface area contributed by atoms with Crippen LogP contribution in [-0.4, -0.2) is 33.0 Å². The van der Waals surface area contributed by atoms with E-state index in [0.29, 0.717) is 12.5 Å². The predicted molar refractivity (Wildman–Crippen MR) is 65.1 cm³/mol. The molecular weight excluding hydrogens is 193 g/mol. The minimum atomic E-state index is -0.660. The second-order valence-corrected chi connectivity index (χ2v) is 3.46. The van der Waals surface area contributed by atoms with E-state index in [1.807, 2.05) is 20.9 Å². The third kappa shape index (κ3) is 13.9. The van der Waals surface area contributed by atoms with Gasteiger partial charge < -0.3 is 10.1 Å². The van der Waals surface area contributed by atoms with Crippen molar-refractivity contribution in [2.75, 3.05) is 20.7 Å². The van der Waals surface area contributed by atoms with Crippen LogP contribution in [0.15, 0.2) is 0 Å². The normalized spacial score (nSPS) is 16.4. The zero-order valence-corrected chi connectivity index (χ0v) is 11.0. The minimum absolute atomic E-state index is 0.616. The van der Waals surface area contributed by atoms with Crippen LogP contribution < -0.4 is 5.32 Å². The molecule has 0 aromatic rings. The Morgan fingerprint density at radius 2 is 1.93 bits per heavy atom. The molecule has 0 aromatic heterocycles. The van der Waals surface area contributed by atoms with Crippen LogP contribution in [0.25, 0.3) is 0 Å². The van der Waals surface area contributed by atoms with Gasteiger partial charge in [0.05, 0.1) is 12.3 Å². The lowest BCUT2D eigenvalue weighted by Crippen LogP contribution is -2.18. The molecule has 0 radical (unpaired) electrons. The first-order valence-corrected chi connectivity index (χ1v) is 6.02. The molecule has 0 spiro atoms. The monoisotopic (exact) mass is 221 g/mol. The topological polar surface area (TPSA) is 21.3 Å². The highest BCUT2D eigenvalue weighted by atomic mass is 19.1. The molecular formula is C12H28FNO. The van der Waals surface area contributed by atoms with Crippen LogP contribution in [0.2, 0.25) is 0 Å². The molecule has 0 aromatic carbocycles. The van der Waals surface area contributed by atoms with Crippen LogP contribution in [0.1, 0.15) is 46.5 Å². The van der Waals surface area contributed by atoms with Crippen molar-refractivity contribution in [1.82, 2.24) is 5.32 Å². The second-order valence-electron chi connectivity index (χ2n) is 3.46. The summed E-state index contributed by atoms with van der Waals surface area (Å²) in [7, 11) is 3.60. The first-order valence-electron chi connectivity index (χ1n) is 6.02. The molecule has 1 atom stereocenters. The minimum Gasteiger partial charge on any atom is -0.381 e. The average Bonchev–Trinajstić information content (AvgIpc) is 2.17. The van der Waals surface area contributed by atoms with Crippen molar-refractivity contribution in [3.8, 4) is 0 Å². The van der Waals surface area contributed by atoms with Crippen molar-refractivity contribution >= 4 is 0 Å². The van der Waals surface area contributed by atoms with E-state index in [-0.39, 0.29) is 0 Å². The number of hydrogen-bond donors (Lipinski definition) is 1. The van der Waals surface area contributed by atoms with E-state index < -0.39 is 6.17 Å². The first-order chi connectivity index (χ1) is 7.20. The molecule has 0 aliphatic heterocycles. The van der Waals surface area contributed by atoms with E-state index in [9.17, 15) is 4.39 Å². The van der Waals surface area contributed by atoms with Crippen molar-refractivity contribution in [1.29, 1.82) is 0 Å². The van der Waals surface area contributed by atoms with E-state index in [1.165, 1.54) is 19.3 Å². The van der Waals surface area contributed by atoms with Crippen molar-refractivity contribution in [3.63, 3.8) is 0 Å². The molecule has 0 saturated heterocycles. The maximum absolute atomic E-state index is 11.8. The zero-order chi connectivity index (χ0) is 12.1. The number of methoxy groups -OCH3 is 1. The van der Waals surface area contributed by atoms with Crippen LogP contribution in [0.5, 0.6) is 0 Å². The molecule has 15 heavy (non-hydrogen) atoms. The quantitative estimate of drug-likeness (QED) is 0.787. The Labute approximate surface area is 94.6 Å². The number of ether oxygens (including phenoxy) is 1. The van der Waals surface area contributed by atoms with E-state index in [0.717, 1.165) is 6.54 Å². The molecule has 0 bridgehead atoms. The van der Waals surface area contributed by atoms with Crippen molar-refractivity contribution in [3.05, 3.63) is 0 Å².